The van der Waals surface area contributed by atoms with E-state index in [1.165, 1.54) is 0 Å². The molecule has 1 saturated carbocycles. The van der Waals surface area contributed by atoms with E-state index in [1.54, 1.807) is 11.1 Å². The number of ether oxygens (including phenoxy) is 1. The Kier molecular flexibility index (Phi) is 7.34. The first-order chi connectivity index (χ1) is 20.2. The molecule has 1 aliphatic heterocycles. The zero-order valence-corrected chi connectivity index (χ0v) is 24.7. The third kappa shape index (κ3) is 5.68. The molecule has 0 atom stereocenters. The molecule has 11 heteroatoms. The predicted octanol–water partition coefficient (Wildman–Crippen LogP) is 5.41. The standard InChI is InChI=1S/C31H38N8O3/c1-20-24-19-25(26-13-14-32-36-26)28(40)39(23-7-5-6-8-23)27(24)35-29(33-20)34-21-9-11-22(12-10-21)37-15-17-38(18-16-37)30(41)42-31(2,3)4/h9-14,19,23H,5-8,15-18H2,1-4H3,(H,32,36)(H,33,34,35). The van der Waals surface area contributed by atoms with Crippen LogP contribution < -0.4 is 15.8 Å². The molecule has 3 aromatic heterocycles. The summed E-state index contributed by atoms with van der Waals surface area (Å²) in [6, 6.07) is 11.9. The smallest absolute Gasteiger partial charge is 0.410 e. The van der Waals surface area contributed by atoms with Crippen LogP contribution in [0.3, 0.4) is 0 Å². The number of rotatable bonds is 5. The molecule has 4 aromatic rings. The van der Waals surface area contributed by atoms with Gasteiger partial charge in [0.15, 0.2) is 0 Å². The van der Waals surface area contributed by atoms with Gasteiger partial charge in [0, 0.05) is 55.2 Å². The Morgan fingerprint density at radius 2 is 1.74 bits per heavy atom. The molecule has 0 radical (unpaired) electrons. The minimum atomic E-state index is -0.499. The Morgan fingerprint density at radius 1 is 1.02 bits per heavy atom. The van der Waals surface area contributed by atoms with Gasteiger partial charge in [0.1, 0.15) is 11.2 Å². The molecule has 220 valence electrons. The first kappa shape index (κ1) is 27.7. The molecule has 42 heavy (non-hydrogen) atoms. The second kappa shape index (κ2) is 11.1. The predicted molar refractivity (Wildman–Crippen MR) is 163 cm³/mol. The van der Waals surface area contributed by atoms with Gasteiger partial charge in [-0.05, 0) is 76.9 Å². The number of hydrogen-bond donors (Lipinski definition) is 2. The van der Waals surface area contributed by atoms with E-state index in [2.05, 4.69) is 32.5 Å². The Labute approximate surface area is 244 Å². The molecule has 2 N–H and O–H groups in total. The first-order valence-corrected chi connectivity index (χ1v) is 14.7. The fraction of sp³-hybridized carbons (Fsp3) is 0.452. The summed E-state index contributed by atoms with van der Waals surface area (Å²) in [5.41, 5.74) is 4.12. The average Bonchev–Trinajstić information content (AvgIpc) is 3.68. The summed E-state index contributed by atoms with van der Waals surface area (Å²) in [4.78, 5) is 39.8. The average molecular weight is 571 g/mol. The zero-order chi connectivity index (χ0) is 29.4. The van der Waals surface area contributed by atoms with Gasteiger partial charge in [-0.2, -0.15) is 10.1 Å². The largest absolute Gasteiger partial charge is 0.444 e. The number of piperazine rings is 1. The van der Waals surface area contributed by atoms with Gasteiger partial charge in [-0.3, -0.25) is 14.5 Å². The van der Waals surface area contributed by atoms with E-state index >= 15 is 0 Å². The zero-order valence-electron chi connectivity index (χ0n) is 24.7. The van der Waals surface area contributed by atoms with Crippen molar-refractivity contribution in [2.24, 2.45) is 0 Å². The van der Waals surface area contributed by atoms with E-state index in [-0.39, 0.29) is 17.7 Å². The number of pyridine rings is 1. The molecular formula is C31H38N8O3. The molecule has 1 aliphatic carbocycles. The second-order valence-corrected chi connectivity index (χ2v) is 12.1. The summed E-state index contributed by atoms with van der Waals surface area (Å²) >= 11 is 0. The van der Waals surface area contributed by atoms with Crippen molar-refractivity contribution in [2.75, 3.05) is 36.4 Å². The van der Waals surface area contributed by atoms with E-state index in [9.17, 15) is 9.59 Å². The third-order valence-corrected chi connectivity index (χ3v) is 7.98. The minimum Gasteiger partial charge on any atom is -0.444 e. The highest BCUT2D eigenvalue weighted by atomic mass is 16.6. The molecule has 2 aliphatic rings. The monoisotopic (exact) mass is 570 g/mol. The first-order valence-electron chi connectivity index (χ1n) is 14.7. The summed E-state index contributed by atoms with van der Waals surface area (Å²) in [6.07, 6.45) is 5.52. The van der Waals surface area contributed by atoms with Crippen molar-refractivity contribution >= 4 is 34.4 Å². The van der Waals surface area contributed by atoms with Crippen molar-refractivity contribution in [1.82, 2.24) is 29.6 Å². The Bertz CT molecular complexity index is 1630. The molecule has 0 unspecified atom stereocenters. The molecule has 6 rings (SSSR count). The molecule has 0 bridgehead atoms. The van der Waals surface area contributed by atoms with Crippen LogP contribution in [-0.4, -0.2) is 67.5 Å². The van der Waals surface area contributed by atoms with Crippen molar-refractivity contribution in [1.29, 1.82) is 0 Å². The molecule has 0 spiro atoms. The van der Waals surface area contributed by atoms with Crippen LogP contribution in [0.5, 0.6) is 0 Å². The van der Waals surface area contributed by atoms with Crippen LogP contribution in [0, 0.1) is 6.92 Å². The minimum absolute atomic E-state index is 0.0566. The Hall–Kier alpha value is -4.41. The van der Waals surface area contributed by atoms with Crippen LogP contribution in [0.1, 0.15) is 58.2 Å². The van der Waals surface area contributed by atoms with E-state index < -0.39 is 5.60 Å². The van der Waals surface area contributed by atoms with Crippen LogP contribution in [-0.2, 0) is 4.74 Å². The van der Waals surface area contributed by atoms with Crippen molar-refractivity contribution < 1.29 is 9.53 Å². The van der Waals surface area contributed by atoms with Gasteiger partial charge in [0.05, 0.1) is 17.0 Å². The number of anilines is 3. The van der Waals surface area contributed by atoms with Crippen LogP contribution in [0.25, 0.3) is 22.3 Å². The van der Waals surface area contributed by atoms with Gasteiger partial charge in [0.2, 0.25) is 5.95 Å². The number of nitrogens with zero attached hydrogens (tertiary/aromatic N) is 6. The number of nitrogens with one attached hydrogen (secondary N) is 2. The summed E-state index contributed by atoms with van der Waals surface area (Å²) < 4.78 is 7.39. The molecule has 1 amide bonds. The highest BCUT2D eigenvalue weighted by Crippen LogP contribution is 2.33. The number of hydrogen-bond acceptors (Lipinski definition) is 8. The van der Waals surface area contributed by atoms with Crippen molar-refractivity contribution in [2.45, 2.75) is 65.0 Å². The summed E-state index contributed by atoms with van der Waals surface area (Å²) in [7, 11) is 0. The summed E-state index contributed by atoms with van der Waals surface area (Å²) in [5, 5.41) is 11.2. The molecular weight excluding hydrogens is 532 g/mol. The van der Waals surface area contributed by atoms with Gasteiger partial charge in [-0.1, -0.05) is 12.8 Å². The van der Waals surface area contributed by atoms with Crippen LogP contribution >= 0.6 is 0 Å². The van der Waals surface area contributed by atoms with Crippen LogP contribution in [0.2, 0.25) is 0 Å². The van der Waals surface area contributed by atoms with Crippen molar-refractivity contribution in [3.05, 3.63) is 58.6 Å². The Balaban J connectivity index is 1.22. The van der Waals surface area contributed by atoms with E-state index in [1.807, 2.05) is 56.5 Å². The second-order valence-electron chi connectivity index (χ2n) is 12.1. The van der Waals surface area contributed by atoms with Crippen LogP contribution in [0.15, 0.2) is 47.4 Å². The third-order valence-electron chi connectivity index (χ3n) is 7.98. The molecule has 1 saturated heterocycles. The normalized spacial score (nSPS) is 16.3. The lowest BCUT2D eigenvalue weighted by atomic mass is 10.1. The number of benzene rings is 1. The Morgan fingerprint density at radius 3 is 2.38 bits per heavy atom. The molecule has 11 nitrogen and oxygen atoms in total. The lowest BCUT2D eigenvalue weighted by molar-refractivity contribution is 0.0240. The lowest BCUT2D eigenvalue weighted by Gasteiger charge is -2.36. The summed E-state index contributed by atoms with van der Waals surface area (Å²) in [5.74, 6) is 0.458. The maximum absolute atomic E-state index is 13.8. The summed E-state index contributed by atoms with van der Waals surface area (Å²) in [6.45, 7) is 10.3. The quantitative estimate of drug-likeness (QED) is 0.327. The highest BCUT2D eigenvalue weighted by molar-refractivity contribution is 5.84. The van der Waals surface area contributed by atoms with Gasteiger partial charge in [-0.15, -0.1) is 0 Å². The maximum Gasteiger partial charge on any atom is 0.410 e. The fourth-order valence-corrected chi connectivity index (χ4v) is 5.87. The number of H-pyrrole nitrogens is 1. The number of aromatic amines is 1. The van der Waals surface area contributed by atoms with Gasteiger partial charge in [-0.25, -0.2) is 9.78 Å². The number of aromatic nitrogens is 5. The van der Waals surface area contributed by atoms with E-state index in [0.29, 0.717) is 35.9 Å². The molecule has 4 heterocycles. The van der Waals surface area contributed by atoms with Crippen molar-refractivity contribution in [3.8, 4) is 11.3 Å². The van der Waals surface area contributed by atoms with E-state index in [0.717, 1.165) is 61.2 Å². The number of carbonyl (C=O) groups excluding carboxylic acids is 1. The maximum atomic E-state index is 13.8. The lowest BCUT2D eigenvalue weighted by Crippen LogP contribution is -2.50. The van der Waals surface area contributed by atoms with Crippen molar-refractivity contribution in [3.63, 3.8) is 0 Å². The molecule has 1 aromatic carbocycles. The molecule has 2 fully saturated rings. The van der Waals surface area contributed by atoms with Gasteiger partial charge >= 0.3 is 6.09 Å². The number of amides is 1. The number of fused-ring (bicyclic) bond motifs is 1. The number of carbonyl (C=O) groups is 1. The number of aryl methyl sites for hydroxylation is 1. The topological polar surface area (TPSA) is 121 Å². The fourth-order valence-electron chi connectivity index (χ4n) is 5.87. The highest BCUT2D eigenvalue weighted by Gasteiger charge is 2.27. The SMILES string of the molecule is Cc1nc(Nc2ccc(N3CCN(C(=O)OC(C)(C)C)CC3)cc2)nc2c1cc(-c1ccn[nH]1)c(=O)n2C1CCCC1. The van der Waals surface area contributed by atoms with E-state index in [4.69, 9.17) is 14.7 Å². The van der Waals surface area contributed by atoms with Gasteiger partial charge in [0.25, 0.3) is 5.56 Å². The van der Waals surface area contributed by atoms with Crippen LogP contribution in [0.4, 0.5) is 22.1 Å². The van der Waals surface area contributed by atoms with Gasteiger partial charge < -0.3 is 19.9 Å².